The molecule has 0 amide bonds. The van der Waals surface area contributed by atoms with Gasteiger partial charge in [0.15, 0.2) is 22.8 Å². The number of rotatable bonds is 8. The average Bonchev–Trinajstić information content (AvgIpc) is 3.81. The molecule has 1 aliphatic rings. The van der Waals surface area contributed by atoms with Gasteiger partial charge >= 0.3 is 0 Å². The van der Waals surface area contributed by atoms with E-state index in [2.05, 4.69) is 9.97 Å². The number of carbonyl (C=O) groups is 1. The molecular formula is C32H25F2N3O4. The van der Waals surface area contributed by atoms with Crippen LogP contribution < -0.4 is 14.9 Å². The SMILES string of the molecule is COc1cc2c(Oc3ccc(CC(=O)c4cn(C5CC5)c(C)c(-c5ccc(F)cc5)c4=O)cc3F)ccnc2cn1. The zero-order chi connectivity index (χ0) is 28.7. The molecule has 0 unspecified atom stereocenters. The van der Waals surface area contributed by atoms with E-state index in [1.54, 1.807) is 24.4 Å². The van der Waals surface area contributed by atoms with Crippen molar-refractivity contribution in [1.29, 1.82) is 0 Å². The van der Waals surface area contributed by atoms with Gasteiger partial charge in [-0.25, -0.2) is 13.8 Å². The first-order chi connectivity index (χ1) is 19.8. The summed E-state index contributed by atoms with van der Waals surface area (Å²) in [6.45, 7) is 1.83. The van der Waals surface area contributed by atoms with E-state index in [0.29, 0.717) is 39.2 Å². The normalized spacial score (nSPS) is 12.9. The van der Waals surface area contributed by atoms with Crippen LogP contribution in [0.1, 0.15) is 40.5 Å². The summed E-state index contributed by atoms with van der Waals surface area (Å²) >= 11 is 0. The summed E-state index contributed by atoms with van der Waals surface area (Å²) in [4.78, 5) is 35.3. The van der Waals surface area contributed by atoms with Crippen LogP contribution in [0, 0.1) is 18.6 Å². The molecule has 3 heterocycles. The van der Waals surface area contributed by atoms with Gasteiger partial charge in [0.2, 0.25) is 5.88 Å². The molecule has 0 radical (unpaired) electrons. The molecule has 41 heavy (non-hydrogen) atoms. The highest BCUT2D eigenvalue weighted by atomic mass is 19.1. The Labute approximate surface area is 234 Å². The number of hydrogen-bond donors (Lipinski definition) is 0. The summed E-state index contributed by atoms with van der Waals surface area (Å²) in [6, 6.07) is 13.4. The number of methoxy groups -OCH3 is 1. The molecule has 9 heteroatoms. The van der Waals surface area contributed by atoms with Crippen LogP contribution in [-0.4, -0.2) is 27.4 Å². The molecule has 3 aromatic heterocycles. The molecule has 7 nitrogen and oxygen atoms in total. The number of carbonyl (C=O) groups excluding carboxylic acids is 1. The van der Waals surface area contributed by atoms with E-state index in [4.69, 9.17) is 9.47 Å². The summed E-state index contributed by atoms with van der Waals surface area (Å²) in [5, 5.41) is 0.598. The van der Waals surface area contributed by atoms with Crippen LogP contribution in [0.25, 0.3) is 22.0 Å². The smallest absolute Gasteiger partial charge is 0.213 e. The minimum Gasteiger partial charge on any atom is -0.481 e. The van der Waals surface area contributed by atoms with Crippen LogP contribution in [0.4, 0.5) is 8.78 Å². The van der Waals surface area contributed by atoms with Crippen LogP contribution in [-0.2, 0) is 6.42 Å². The van der Waals surface area contributed by atoms with Crippen molar-refractivity contribution in [1.82, 2.24) is 14.5 Å². The zero-order valence-electron chi connectivity index (χ0n) is 22.4. The lowest BCUT2D eigenvalue weighted by molar-refractivity contribution is 0.0991. The molecule has 0 N–H and O–H groups in total. The Morgan fingerprint density at radius 3 is 2.51 bits per heavy atom. The maximum Gasteiger partial charge on any atom is 0.213 e. The first-order valence-corrected chi connectivity index (χ1v) is 13.1. The van der Waals surface area contributed by atoms with Crippen molar-refractivity contribution < 1.29 is 23.0 Å². The van der Waals surface area contributed by atoms with Crippen LogP contribution in [0.3, 0.4) is 0 Å². The molecule has 1 saturated carbocycles. The topological polar surface area (TPSA) is 83.3 Å². The minimum absolute atomic E-state index is 0.0216. The average molecular weight is 554 g/mol. The number of aromatic nitrogens is 3. The Kier molecular flexibility index (Phi) is 6.78. The van der Waals surface area contributed by atoms with Crippen molar-refractivity contribution in [2.24, 2.45) is 0 Å². The number of pyridine rings is 3. The second-order valence-corrected chi connectivity index (χ2v) is 10.00. The number of benzene rings is 2. The fourth-order valence-corrected chi connectivity index (χ4v) is 4.95. The van der Waals surface area contributed by atoms with Gasteiger partial charge in [-0.15, -0.1) is 0 Å². The minimum atomic E-state index is -0.660. The quantitative estimate of drug-likeness (QED) is 0.201. The lowest BCUT2D eigenvalue weighted by Crippen LogP contribution is -2.23. The van der Waals surface area contributed by atoms with Crippen LogP contribution >= 0.6 is 0 Å². The van der Waals surface area contributed by atoms with Gasteiger partial charge in [-0.05, 0) is 61.2 Å². The van der Waals surface area contributed by atoms with E-state index >= 15 is 4.39 Å². The summed E-state index contributed by atoms with van der Waals surface area (Å²) in [5.41, 5.74) is 2.19. The molecule has 0 atom stereocenters. The van der Waals surface area contributed by atoms with E-state index in [0.717, 1.165) is 18.5 Å². The van der Waals surface area contributed by atoms with Gasteiger partial charge in [-0.3, -0.25) is 14.6 Å². The molecule has 2 aromatic carbocycles. The van der Waals surface area contributed by atoms with Crippen molar-refractivity contribution >= 4 is 16.7 Å². The molecule has 0 saturated heterocycles. The molecule has 5 aromatic rings. The second kappa shape index (κ2) is 10.6. The molecule has 1 fully saturated rings. The van der Waals surface area contributed by atoms with Gasteiger partial charge in [0, 0.05) is 47.6 Å². The van der Waals surface area contributed by atoms with E-state index in [1.165, 1.54) is 55.9 Å². The molecule has 6 rings (SSSR count). The molecule has 0 spiro atoms. The van der Waals surface area contributed by atoms with Gasteiger partial charge in [0.05, 0.1) is 24.4 Å². The van der Waals surface area contributed by atoms with Crippen LogP contribution in [0.5, 0.6) is 17.4 Å². The molecular weight excluding hydrogens is 528 g/mol. The summed E-state index contributed by atoms with van der Waals surface area (Å²) in [7, 11) is 1.49. The highest BCUT2D eigenvalue weighted by Gasteiger charge is 2.28. The van der Waals surface area contributed by atoms with E-state index < -0.39 is 22.8 Å². The predicted octanol–water partition coefficient (Wildman–Crippen LogP) is 6.61. The van der Waals surface area contributed by atoms with Crippen molar-refractivity contribution in [2.45, 2.75) is 32.2 Å². The maximum atomic E-state index is 15.2. The first-order valence-electron chi connectivity index (χ1n) is 13.1. The molecule has 0 bridgehead atoms. The van der Waals surface area contributed by atoms with Crippen molar-refractivity contribution in [2.75, 3.05) is 7.11 Å². The third-order valence-corrected chi connectivity index (χ3v) is 7.22. The number of ketones is 1. The number of Topliss-reactive ketones (excluding diaryl/α,β-unsaturated/α-hetero) is 1. The van der Waals surface area contributed by atoms with Crippen LogP contribution in [0.2, 0.25) is 0 Å². The largest absolute Gasteiger partial charge is 0.481 e. The Hall–Kier alpha value is -4.92. The second-order valence-electron chi connectivity index (χ2n) is 10.00. The zero-order valence-corrected chi connectivity index (χ0v) is 22.4. The monoisotopic (exact) mass is 553 g/mol. The van der Waals surface area contributed by atoms with Gasteiger partial charge in [0.1, 0.15) is 11.6 Å². The highest BCUT2D eigenvalue weighted by molar-refractivity contribution is 5.98. The van der Waals surface area contributed by atoms with Crippen molar-refractivity contribution in [3.05, 3.63) is 112 Å². The number of fused-ring (bicyclic) bond motifs is 1. The highest BCUT2D eigenvalue weighted by Crippen LogP contribution is 2.37. The molecule has 1 aliphatic carbocycles. The number of halogens is 2. The van der Waals surface area contributed by atoms with Crippen molar-refractivity contribution in [3.8, 4) is 28.5 Å². The summed E-state index contributed by atoms with van der Waals surface area (Å²) < 4.78 is 41.7. The fourth-order valence-electron chi connectivity index (χ4n) is 4.95. The molecule has 0 aliphatic heterocycles. The fraction of sp³-hybridized carbons (Fsp3) is 0.188. The Morgan fingerprint density at radius 1 is 1.02 bits per heavy atom. The predicted molar refractivity (Wildman–Crippen MR) is 150 cm³/mol. The third kappa shape index (κ3) is 5.18. The number of nitrogens with zero attached hydrogens (tertiary/aromatic N) is 3. The standard InChI is InChI=1S/C32H25F2N3O4/c1-18-31(20-4-6-21(33)7-5-20)32(39)24(17-37(18)22-8-9-22)27(38)14-19-3-10-29(25(34)13-19)41-28-11-12-35-26-16-36-30(40-2)15-23(26)28/h3-7,10-13,15-17,22H,8-9,14H2,1-2H3. The van der Waals surface area contributed by atoms with Crippen LogP contribution in [0.15, 0.2) is 78.0 Å². The Morgan fingerprint density at radius 2 is 1.80 bits per heavy atom. The van der Waals surface area contributed by atoms with Gasteiger partial charge in [-0.1, -0.05) is 18.2 Å². The number of ether oxygens (including phenoxy) is 2. The van der Waals surface area contributed by atoms with Gasteiger partial charge in [-0.2, -0.15) is 0 Å². The Bertz CT molecular complexity index is 1860. The first kappa shape index (κ1) is 26.3. The van der Waals surface area contributed by atoms with E-state index in [9.17, 15) is 14.0 Å². The van der Waals surface area contributed by atoms with E-state index in [-0.39, 0.29) is 23.8 Å². The third-order valence-electron chi connectivity index (χ3n) is 7.22. The lowest BCUT2D eigenvalue weighted by Gasteiger charge is -2.16. The summed E-state index contributed by atoms with van der Waals surface area (Å²) in [5.74, 6) is -0.803. The Balaban J connectivity index is 1.29. The molecule has 206 valence electrons. The maximum absolute atomic E-state index is 15.2. The van der Waals surface area contributed by atoms with Gasteiger partial charge < -0.3 is 14.0 Å². The summed E-state index contributed by atoms with van der Waals surface area (Å²) in [6.07, 6.45) is 6.40. The van der Waals surface area contributed by atoms with Crippen molar-refractivity contribution in [3.63, 3.8) is 0 Å². The van der Waals surface area contributed by atoms with Gasteiger partial charge in [0.25, 0.3) is 0 Å². The van der Waals surface area contributed by atoms with E-state index in [1.807, 2.05) is 11.5 Å². The number of hydrogen-bond acceptors (Lipinski definition) is 6. The lowest BCUT2D eigenvalue weighted by atomic mass is 9.97.